The van der Waals surface area contributed by atoms with Crippen molar-refractivity contribution in [2.45, 2.75) is 27.2 Å². The normalized spacial score (nSPS) is 13.7. The summed E-state index contributed by atoms with van der Waals surface area (Å²) in [4.78, 5) is 0. The minimum absolute atomic E-state index is 1.08. The smallest absolute Gasteiger partial charge is 0.00919 e. The maximum Gasteiger partial charge on any atom is -0.00919 e. The zero-order valence-electron chi connectivity index (χ0n) is 7.15. The summed E-state index contributed by atoms with van der Waals surface area (Å²) in [5.74, 6) is 0. The summed E-state index contributed by atoms with van der Waals surface area (Å²) in [5, 5.41) is 0. The Morgan fingerprint density at radius 2 is 2.10 bits per heavy atom. The predicted octanol–water partition coefficient (Wildman–Crippen LogP) is 3.48. The molecule has 0 unspecified atom stereocenters. The van der Waals surface area contributed by atoms with Gasteiger partial charge in [0.25, 0.3) is 0 Å². The van der Waals surface area contributed by atoms with Gasteiger partial charge in [0.15, 0.2) is 0 Å². The van der Waals surface area contributed by atoms with Crippen LogP contribution in [0.15, 0.2) is 36.0 Å². The van der Waals surface area contributed by atoms with Gasteiger partial charge in [0, 0.05) is 0 Å². The molecule has 0 aromatic heterocycles. The molecule has 0 fully saturated rings. The average molecular weight is 136 g/mol. The van der Waals surface area contributed by atoms with Crippen LogP contribution in [0.3, 0.4) is 0 Å². The van der Waals surface area contributed by atoms with Crippen molar-refractivity contribution < 1.29 is 0 Å². The zero-order chi connectivity index (χ0) is 7.98. The average Bonchev–Trinajstić information content (AvgIpc) is 2.42. The minimum Gasteiger partial charge on any atom is -0.0958 e. The summed E-state index contributed by atoms with van der Waals surface area (Å²) in [5.41, 5.74) is 2.56. The van der Waals surface area contributed by atoms with Crippen molar-refractivity contribution >= 4 is 0 Å². The summed E-state index contributed by atoms with van der Waals surface area (Å²) in [6.45, 7) is 9.87. The highest BCUT2D eigenvalue weighted by molar-refractivity contribution is 5.36. The lowest BCUT2D eigenvalue weighted by Gasteiger charge is -1.94. The van der Waals surface area contributed by atoms with Gasteiger partial charge in [0.05, 0.1) is 0 Å². The fourth-order valence-corrected chi connectivity index (χ4v) is 0.764. The van der Waals surface area contributed by atoms with Crippen LogP contribution in [-0.4, -0.2) is 0 Å². The third-order valence-corrected chi connectivity index (χ3v) is 1.32. The van der Waals surface area contributed by atoms with Crippen LogP contribution in [-0.2, 0) is 0 Å². The molecule has 56 valence electrons. The molecule has 0 atom stereocenters. The van der Waals surface area contributed by atoms with Crippen LogP contribution in [0.1, 0.15) is 27.2 Å². The fourth-order valence-electron chi connectivity index (χ4n) is 0.764. The zero-order valence-corrected chi connectivity index (χ0v) is 7.15. The molecule has 0 heteroatoms. The number of rotatable bonds is 1. The van der Waals surface area contributed by atoms with Crippen LogP contribution in [0, 0.1) is 0 Å². The molecule has 0 bridgehead atoms. The molecule has 0 aliphatic heterocycles. The van der Waals surface area contributed by atoms with E-state index < -0.39 is 0 Å². The first-order chi connectivity index (χ1) is 4.80. The topological polar surface area (TPSA) is 0 Å². The Kier molecular flexibility index (Phi) is 4.65. The molecule has 10 heavy (non-hydrogen) atoms. The Balaban J connectivity index is 0.000000371. The molecule has 0 saturated carbocycles. The van der Waals surface area contributed by atoms with E-state index in [0.29, 0.717) is 0 Å². The summed E-state index contributed by atoms with van der Waals surface area (Å²) in [7, 11) is 0. The lowest BCUT2D eigenvalue weighted by atomic mass is 10.1. The van der Waals surface area contributed by atoms with Crippen LogP contribution in [0.2, 0.25) is 0 Å². The highest BCUT2D eigenvalue weighted by atomic mass is 14.0. The van der Waals surface area contributed by atoms with E-state index in [-0.39, 0.29) is 0 Å². The first-order valence-electron chi connectivity index (χ1n) is 3.82. The largest absolute Gasteiger partial charge is 0.0958 e. The Bertz CT molecular complexity index is 159. The quantitative estimate of drug-likeness (QED) is 0.517. The molecule has 0 amide bonds. The SMILES string of the molecule is C=C(C)C1=CC=CC1.CC. The number of hydrogen-bond donors (Lipinski definition) is 0. The number of allylic oxidation sites excluding steroid dienone is 5. The Hall–Kier alpha value is -0.780. The summed E-state index contributed by atoms with van der Waals surface area (Å²) in [6.07, 6.45) is 7.41. The molecule has 0 radical (unpaired) electrons. The molecule has 1 aliphatic carbocycles. The maximum absolute atomic E-state index is 3.83. The van der Waals surface area contributed by atoms with Gasteiger partial charge in [-0.3, -0.25) is 0 Å². The first kappa shape index (κ1) is 9.22. The van der Waals surface area contributed by atoms with Crippen LogP contribution in [0.5, 0.6) is 0 Å². The standard InChI is InChI=1S/C8H10.C2H6/c1-7(2)8-5-3-4-6-8;1-2/h3-5H,1,6H2,2H3;1-2H3. The van der Waals surface area contributed by atoms with E-state index in [9.17, 15) is 0 Å². The molecule has 1 aliphatic rings. The molecule has 1 rings (SSSR count). The van der Waals surface area contributed by atoms with Gasteiger partial charge in [0.1, 0.15) is 0 Å². The molecule has 0 aromatic rings. The second kappa shape index (κ2) is 5.04. The van der Waals surface area contributed by atoms with Crippen molar-refractivity contribution in [3.63, 3.8) is 0 Å². The van der Waals surface area contributed by atoms with Gasteiger partial charge in [-0.05, 0) is 18.9 Å². The summed E-state index contributed by atoms with van der Waals surface area (Å²) in [6, 6.07) is 0. The van der Waals surface area contributed by atoms with Crippen molar-refractivity contribution in [2.24, 2.45) is 0 Å². The van der Waals surface area contributed by atoms with Crippen LogP contribution in [0.25, 0.3) is 0 Å². The summed E-state index contributed by atoms with van der Waals surface area (Å²) < 4.78 is 0. The van der Waals surface area contributed by atoms with Crippen molar-refractivity contribution in [2.75, 3.05) is 0 Å². The molecular formula is C10H16. The van der Waals surface area contributed by atoms with Gasteiger partial charge in [-0.2, -0.15) is 0 Å². The molecule has 0 N–H and O–H groups in total. The van der Waals surface area contributed by atoms with Crippen molar-refractivity contribution in [1.29, 1.82) is 0 Å². The van der Waals surface area contributed by atoms with Gasteiger partial charge < -0.3 is 0 Å². The van der Waals surface area contributed by atoms with Gasteiger partial charge in [0.2, 0.25) is 0 Å². The second-order valence-corrected chi connectivity index (χ2v) is 2.10. The van der Waals surface area contributed by atoms with Crippen LogP contribution < -0.4 is 0 Å². The Labute approximate surface area is 64.0 Å². The monoisotopic (exact) mass is 136 g/mol. The molecule has 0 aromatic carbocycles. The Morgan fingerprint density at radius 1 is 1.50 bits per heavy atom. The second-order valence-electron chi connectivity index (χ2n) is 2.10. The van der Waals surface area contributed by atoms with Gasteiger partial charge in [-0.15, -0.1) is 0 Å². The molecule has 0 nitrogen and oxygen atoms in total. The van der Waals surface area contributed by atoms with E-state index in [2.05, 4.69) is 24.8 Å². The van der Waals surface area contributed by atoms with Crippen LogP contribution in [0.4, 0.5) is 0 Å². The maximum atomic E-state index is 3.83. The third kappa shape index (κ3) is 2.67. The summed E-state index contributed by atoms with van der Waals surface area (Å²) >= 11 is 0. The van der Waals surface area contributed by atoms with Crippen molar-refractivity contribution in [3.8, 4) is 0 Å². The van der Waals surface area contributed by atoms with E-state index in [0.717, 1.165) is 6.42 Å². The lowest BCUT2D eigenvalue weighted by molar-refractivity contribution is 1.25. The number of hydrogen-bond acceptors (Lipinski definition) is 0. The fraction of sp³-hybridized carbons (Fsp3) is 0.400. The van der Waals surface area contributed by atoms with Crippen molar-refractivity contribution in [1.82, 2.24) is 0 Å². The highest BCUT2D eigenvalue weighted by Crippen LogP contribution is 2.16. The molecule has 0 saturated heterocycles. The van der Waals surface area contributed by atoms with Crippen molar-refractivity contribution in [3.05, 3.63) is 36.0 Å². The first-order valence-corrected chi connectivity index (χ1v) is 3.82. The Morgan fingerprint density at radius 3 is 2.30 bits per heavy atom. The van der Waals surface area contributed by atoms with E-state index >= 15 is 0 Å². The van der Waals surface area contributed by atoms with Gasteiger partial charge >= 0.3 is 0 Å². The third-order valence-electron chi connectivity index (χ3n) is 1.32. The van der Waals surface area contributed by atoms with Crippen LogP contribution >= 0.6 is 0 Å². The predicted molar refractivity (Wildman–Crippen MR) is 48.0 cm³/mol. The highest BCUT2D eigenvalue weighted by Gasteiger charge is 1.96. The van der Waals surface area contributed by atoms with Gasteiger partial charge in [-0.25, -0.2) is 0 Å². The van der Waals surface area contributed by atoms with E-state index in [4.69, 9.17) is 0 Å². The molecule has 0 heterocycles. The van der Waals surface area contributed by atoms with E-state index in [1.54, 1.807) is 0 Å². The lowest BCUT2D eigenvalue weighted by Crippen LogP contribution is -1.75. The van der Waals surface area contributed by atoms with E-state index in [1.807, 2.05) is 20.8 Å². The van der Waals surface area contributed by atoms with E-state index in [1.165, 1.54) is 11.1 Å². The molecule has 0 spiro atoms. The minimum atomic E-state index is 1.08. The van der Waals surface area contributed by atoms with Gasteiger partial charge in [-0.1, -0.05) is 44.2 Å². The molecular weight excluding hydrogens is 120 g/mol.